The molecule has 8 aliphatic heterocycles. The van der Waals surface area contributed by atoms with Crippen molar-refractivity contribution in [3.63, 3.8) is 0 Å². The number of nitrogen functional groups attached to an aromatic ring is 5. The fourth-order valence-electron chi connectivity index (χ4n) is 18.2. The van der Waals surface area contributed by atoms with Crippen LogP contribution in [0.4, 0.5) is 29.2 Å². The van der Waals surface area contributed by atoms with Gasteiger partial charge in [-0.3, -0.25) is 79.2 Å². The van der Waals surface area contributed by atoms with Crippen LogP contribution in [0.15, 0.2) is 86.3 Å². The van der Waals surface area contributed by atoms with E-state index in [0.29, 0.717) is 58.0 Å². The Labute approximate surface area is 812 Å². The molecule has 9 aromatic heterocycles. The van der Waals surface area contributed by atoms with E-state index in [9.17, 15) is 28.5 Å². The van der Waals surface area contributed by atoms with Gasteiger partial charge in [0.2, 0.25) is 5.95 Å². The Morgan fingerprint density at radius 1 is 0.387 bits per heavy atom. The number of nitrogens with zero attached hydrogens (tertiary/aromatic N) is 28. The second-order valence-electron chi connectivity index (χ2n) is 36.2. The molecular weight excluding hydrogens is 1980 g/mol. The van der Waals surface area contributed by atoms with Crippen molar-refractivity contribution in [1.82, 2.24) is 154 Å². The van der Waals surface area contributed by atoms with Gasteiger partial charge in [-0.2, -0.15) is 15.0 Å². The molecule has 17 heterocycles. The van der Waals surface area contributed by atoms with Crippen molar-refractivity contribution in [2.24, 2.45) is 0 Å². The first kappa shape index (κ1) is 105. The molecule has 66 heteroatoms. The van der Waals surface area contributed by atoms with E-state index >= 15 is 22.8 Å². The lowest BCUT2D eigenvalue weighted by molar-refractivity contribution is -0.134. The molecule has 0 aliphatic carbocycles. The van der Waals surface area contributed by atoms with Gasteiger partial charge in [0.1, 0.15) is 54.0 Å². The van der Waals surface area contributed by atoms with Crippen LogP contribution in [0.1, 0.15) is 42.9 Å². The van der Waals surface area contributed by atoms with E-state index in [1.54, 1.807) is 62.7 Å². The Bertz CT molecular complexity index is 6680. The fourth-order valence-corrected chi connectivity index (χ4v) is 30.2. The van der Waals surface area contributed by atoms with E-state index in [2.05, 4.69) is 70.4 Å². The molecular formula is C76H121N37O23P6. The van der Waals surface area contributed by atoms with Gasteiger partial charge in [0, 0.05) is 129 Å². The number of piperazine rings is 2. The summed E-state index contributed by atoms with van der Waals surface area (Å²) in [5, 5.41) is 6.57. The first-order chi connectivity index (χ1) is 67.6. The zero-order chi connectivity index (χ0) is 101. The van der Waals surface area contributed by atoms with Crippen molar-refractivity contribution in [3.8, 4) is 0 Å². The molecule has 0 spiro atoms. The van der Waals surface area contributed by atoms with Crippen molar-refractivity contribution in [3.05, 3.63) is 120 Å². The van der Waals surface area contributed by atoms with Crippen LogP contribution >= 0.6 is 45.9 Å². The summed E-state index contributed by atoms with van der Waals surface area (Å²) in [6.45, 7) is 1.54. The Kier molecular flexibility index (Phi) is 31.6. The second-order valence-corrected chi connectivity index (χ2v) is 51.4. The zero-order valence-electron chi connectivity index (χ0n) is 80.1. The number of likely N-dealkylation sites (N-methyl/N-ethyl adjacent to an activating group) is 1. The maximum atomic E-state index is 17.1. The highest BCUT2D eigenvalue weighted by Crippen LogP contribution is 2.62. The van der Waals surface area contributed by atoms with E-state index in [1.165, 1.54) is 139 Å². The average Bonchev–Trinajstić information content (AvgIpc) is 1.41. The lowest BCUT2D eigenvalue weighted by atomic mass is 10.3. The Morgan fingerprint density at radius 3 is 1.15 bits per heavy atom. The number of imidazole rings is 3. The number of ether oxygens (including phenoxy) is 6. The largest absolute Gasteiger partial charge is 0.383 e. The predicted molar refractivity (Wildman–Crippen MR) is 514 cm³/mol. The van der Waals surface area contributed by atoms with Gasteiger partial charge in [0.05, 0.1) is 128 Å². The number of anilines is 5. The number of aromatic amines is 2. The van der Waals surface area contributed by atoms with Gasteiger partial charge in [0.25, 0.3) is 18.6 Å². The molecule has 142 heavy (non-hydrogen) atoms. The third-order valence-electron chi connectivity index (χ3n) is 25.4. The molecule has 18 atom stereocenters. The standard InChI is InChI=1S/C76H121N37O23P6/c1-48-24-110(76(118)95-71(48)114)59-33-103(29-53(133-59)42-130-142(124,102-22-16-83-17-23-102)107-30-54(132-58(32-107)109-19-13-56(78)92-75(109)117)41-129-140(122,98(6)7)104-26-50(37-125-137(11,119)101-20-14-82-15-21-101)134-60(34-104)111-45-88-63-66(79)84-43-86-68(63)111)138(120,96(2)3)127-40-52-28-106(36-62(136-52)113-47-90-65-70(113)93-73(81)94-72(65)115)141(123,99(8)9)128-39-51-27-105(35-61(135-51)112-46-89-64-67(80)85-44-87-69(64)112)139(121,97(4)5)126-38-49-25-100(10)31-57(131-49)108-18-12-55(77)91-74(108)116/h12-13,18-19,24,43-47,49-54,57-62,82-83H,14-17,20-23,25-42H2,1-11H3,(H2,77,91,116)(H2,78,92,117)(H2,79,84,86)(H2,80,85,87)(H,95,114,118)(H3,81,93,94,115). The molecule has 14 N–H and O–H groups in total. The maximum Gasteiger partial charge on any atom is 0.351 e. The third-order valence-corrected chi connectivity index (χ3v) is 40.3. The second kappa shape index (κ2) is 43.0. The Hall–Kier alpha value is -8.77. The zero-order valence-corrected chi connectivity index (χ0v) is 85.4. The number of morpholine rings is 6. The molecule has 0 amide bonds. The molecule has 0 bridgehead atoms. The number of hydrogen-bond acceptors (Lipinski definition) is 41. The summed E-state index contributed by atoms with van der Waals surface area (Å²) < 4.78 is 203. The Balaban J connectivity index is 0.651. The summed E-state index contributed by atoms with van der Waals surface area (Å²) >= 11 is 0. The monoisotopic (exact) mass is 2110 g/mol. The van der Waals surface area contributed by atoms with Gasteiger partial charge >= 0.3 is 55.4 Å². The lowest BCUT2D eigenvalue weighted by Gasteiger charge is -2.47. The van der Waals surface area contributed by atoms with Gasteiger partial charge < -0.3 is 94.9 Å². The van der Waals surface area contributed by atoms with Crippen LogP contribution in [0, 0.1) is 6.92 Å². The van der Waals surface area contributed by atoms with Gasteiger partial charge in [-0.05, 0) is 82.5 Å². The van der Waals surface area contributed by atoms with Crippen LogP contribution < -0.4 is 67.5 Å². The minimum Gasteiger partial charge on any atom is -0.383 e. The summed E-state index contributed by atoms with van der Waals surface area (Å²) in [4.78, 5) is 118. The summed E-state index contributed by atoms with van der Waals surface area (Å²) in [6.07, 6.45) is -2.60. The lowest BCUT2D eigenvalue weighted by Crippen LogP contribution is -2.53. The van der Waals surface area contributed by atoms with E-state index in [4.69, 9.17) is 84.2 Å². The van der Waals surface area contributed by atoms with Crippen molar-refractivity contribution in [2.45, 2.75) is 80.9 Å². The topological polar surface area (TPSA) is 682 Å². The van der Waals surface area contributed by atoms with Crippen molar-refractivity contribution in [2.75, 3.05) is 269 Å². The molecule has 0 aromatic carbocycles. The summed E-state index contributed by atoms with van der Waals surface area (Å²) in [6, 6.07) is 2.86. The minimum atomic E-state index is -4.59. The molecule has 8 saturated heterocycles. The normalized spacial score (nSPS) is 27.3. The number of aromatic nitrogens is 18. The maximum absolute atomic E-state index is 17.1. The van der Waals surface area contributed by atoms with Crippen LogP contribution in [-0.2, 0) is 83.0 Å². The van der Waals surface area contributed by atoms with Crippen LogP contribution in [0.5, 0.6) is 0 Å². The highest BCUT2D eigenvalue weighted by molar-refractivity contribution is 7.56. The number of aryl methyl sites for hydroxylation is 1. The Morgan fingerprint density at radius 2 is 0.739 bits per heavy atom. The molecule has 60 nitrogen and oxygen atoms in total. The summed E-state index contributed by atoms with van der Waals surface area (Å²) in [7, 11) is -11.4. The molecule has 9 aromatic rings. The number of H-pyrrole nitrogens is 2. The molecule has 18 unspecified atom stereocenters. The van der Waals surface area contributed by atoms with Gasteiger partial charge in [0.15, 0.2) is 52.8 Å². The first-order valence-electron chi connectivity index (χ1n) is 45.6. The first-order valence-corrected chi connectivity index (χ1v) is 55.3. The van der Waals surface area contributed by atoms with Crippen molar-refractivity contribution < 1.29 is 83.0 Å². The van der Waals surface area contributed by atoms with Crippen LogP contribution in [0.2, 0.25) is 0 Å². The predicted octanol–water partition coefficient (Wildman–Crippen LogP) is -1.57. The third kappa shape index (κ3) is 22.0. The summed E-state index contributed by atoms with van der Waals surface area (Å²) in [5.74, 6) is -0.184. The van der Waals surface area contributed by atoms with Gasteiger partial charge in [-0.1, -0.05) is 0 Å². The van der Waals surface area contributed by atoms with Crippen LogP contribution in [0.3, 0.4) is 0 Å². The number of hydrogen-bond donors (Lipinski definition) is 9. The number of nitrogens with two attached hydrogens (primary N) is 5. The molecule has 17 rings (SSSR count). The SMILES string of the molecule is Cc1cn(C2CN(P(=O)(OCC3CN(P(=O)(OCC4CN(P(=O)(OCC5CN(C)CC(n6ccc(N)nc6=O)O5)N(C)C)CC(n5cnc6c(N)ncnc65)O4)N(C)C)CC(n4cnc5c(=O)[nH]c(N)nc54)O3)N(C)C)CC(COP(=O)(N3CCNCC3)N3CC(COP(=O)(N(C)C)N4CC(COP(C)(=O)N5CCNCC5)OC(n5cnc6c(N)ncnc65)C4)OC(n4ccc(N)nc4=O)C3)O2)c(=O)[nH]c1=O. The van der Waals surface area contributed by atoms with E-state index in [-0.39, 0.29) is 148 Å². The van der Waals surface area contributed by atoms with Crippen LogP contribution in [0.25, 0.3) is 33.5 Å². The van der Waals surface area contributed by atoms with E-state index in [0.717, 1.165) is 9.13 Å². The smallest absolute Gasteiger partial charge is 0.351 e. The fraction of sp³-hybridized carbons (Fsp3) is 0.645. The van der Waals surface area contributed by atoms with E-state index < -0.39 is 181 Å². The minimum absolute atomic E-state index is 0.0312. The molecule has 8 aliphatic rings. The quantitative estimate of drug-likeness (QED) is 0.0203. The molecule has 0 radical (unpaired) electrons. The van der Waals surface area contributed by atoms with Crippen molar-refractivity contribution in [1.29, 1.82) is 0 Å². The van der Waals surface area contributed by atoms with Crippen LogP contribution in [-0.4, -0.2) is 421 Å². The molecule has 0 saturated carbocycles. The van der Waals surface area contributed by atoms with Gasteiger partial charge in [-0.15, -0.1) is 0 Å². The van der Waals surface area contributed by atoms with Gasteiger partial charge in [-0.25, -0.2) is 101 Å². The number of nitrogens with one attached hydrogen (secondary N) is 4. The van der Waals surface area contributed by atoms with E-state index in [1.807, 2.05) is 11.9 Å². The number of fused-ring (bicyclic) bond motifs is 3. The highest BCUT2D eigenvalue weighted by Gasteiger charge is 2.53. The number of rotatable bonds is 35. The summed E-state index contributed by atoms with van der Waals surface area (Å²) in [5.41, 5.74) is 27.9. The van der Waals surface area contributed by atoms with Crippen molar-refractivity contribution >= 4 is 109 Å². The molecule has 778 valence electrons. The molecule has 8 fully saturated rings. The highest BCUT2D eigenvalue weighted by atomic mass is 31.2. The average molecular weight is 2110 g/mol.